The van der Waals surface area contributed by atoms with Crippen molar-refractivity contribution in [2.75, 3.05) is 11.9 Å². The van der Waals surface area contributed by atoms with Gasteiger partial charge in [-0.25, -0.2) is 0 Å². The molecule has 1 aromatic heterocycles. The van der Waals surface area contributed by atoms with Crippen LogP contribution in [0.2, 0.25) is 0 Å². The van der Waals surface area contributed by atoms with Crippen molar-refractivity contribution in [3.63, 3.8) is 0 Å². The molecule has 0 aliphatic rings. The predicted octanol–water partition coefficient (Wildman–Crippen LogP) is 2.38. The number of carbonyl (C=O) groups excluding carboxylic acids is 2. The average molecular weight is 297 g/mol. The number of pyridine rings is 1. The van der Waals surface area contributed by atoms with Gasteiger partial charge in [-0.3, -0.25) is 14.6 Å². The number of benzene rings is 1. The van der Waals surface area contributed by atoms with E-state index in [1.807, 2.05) is 37.3 Å². The Bertz CT molecular complexity index is 656. The first-order valence-electron chi connectivity index (χ1n) is 7.06. The molecule has 1 N–H and O–H groups in total. The van der Waals surface area contributed by atoms with E-state index in [-0.39, 0.29) is 18.4 Å². The summed E-state index contributed by atoms with van der Waals surface area (Å²) in [5.41, 5.74) is 2.64. The monoisotopic (exact) mass is 297 g/mol. The summed E-state index contributed by atoms with van der Waals surface area (Å²) in [6, 6.07) is 11.2. The van der Waals surface area contributed by atoms with Crippen molar-refractivity contribution in [3.8, 4) is 0 Å². The number of nitrogens with one attached hydrogen (secondary N) is 1. The number of amides is 2. The molecule has 5 heteroatoms. The summed E-state index contributed by atoms with van der Waals surface area (Å²) in [7, 11) is 0. The SMILES string of the molecule is CC(=O)N(CC(=O)Nc1ccccc1C)Cc1cccnc1. The maximum absolute atomic E-state index is 12.1. The Morgan fingerprint density at radius 3 is 2.59 bits per heavy atom. The number of anilines is 1. The summed E-state index contributed by atoms with van der Waals surface area (Å²) >= 11 is 0. The van der Waals surface area contributed by atoms with E-state index in [4.69, 9.17) is 0 Å². The molecule has 114 valence electrons. The second-order valence-electron chi connectivity index (χ2n) is 5.10. The van der Waals surface area contributed by atoms with Crippen LogP contribution in [-0.2, 0) is 16.1 Å². The minimum absolute atomic E-state index is 0.0125. The fourth-order valence-corrected chi connectivity index (χ4v) is 2.07. The quantitative estimate of drug-likeness (QED) is 0.921. The lowest BCUT2D eigenvalue weighted by atomic mass is 10.2. The summed E-state index contributed by atoms with van der Waals surface area (Å²) in [6.45, 7) is 3.76. The van der Waals surface area contributed by atoms with E-state index >= 15 is 0 Å². The maximum atomic E-state index is 12.1. The van der Waals surface area contributed by atoms with Crippen LogP contribution in [0.5, 0.6) is 0 Å². The highest BCUT2D eigenvalue weighted by Gasteiger charge is 2.14. The van der Waals surface area contributed by atoms with Gasteiger partial charge < -0.3 is 10.2 Å². The Labute approximate surface area is 130 Å². The third kappa shape index (κ3) is 4.41. The molecule has 0 radical (unpaired) electrons. The zero-order valence-corrected chi connectivity index (χ0v) is 12.7. The Balaban J connectivity index is 2.00. The van der Waals surface area contributed by atoms with Crippen LogP contribution in [-0.4, -0.2) is 28.2 Å². The smallest absolute Gasteiger partial charge is 0.244 e. The van der Waals surface area contributed by atoms with Gasteiger partial charge >= 0.3 is 0 Å². The minimum atomic E-state index is -0.214. The van der Waals surface area contributed by atoms with Gasteiger partial charge in [0.25, 0.3) is 0 Å². The Morgan fingerprint density at radius 1 is 1.18 bits per heavy atom. The molecule has 5 nitrogen and oxygen atoms in total. The number of para-hydroxylation sites is 1. The normalized spacial score (nSPS) is 10.1. The van der Waals surface area contributed by atoms with Crippen molar-refractivity contribution in [3.05, 3.63) is 59.9 Å². The van der Waals surface area contributed by atoms with E-state index in [2.05, 4.69) is 10.3 Å². The fourth-order valence-electron chi connectivity index (χ4n) is 2.07. The lowest BCUT2D eigenvalue weighted by molar-refractivity contribution is -0.133. The van der Waals surface area contributed by atoms with Crippen LogP contribution in [0.15, 0.2) is 48.8 Å². The van der Waals surface area contributed by atoms with Crippen molar-refractivity contribution in [1.29, 1.82) is 0 Å². The zero-order chi connectivity index (χ0) is 15.9. The topological polar surface area (TPSA) is 62.3 Å². The number of hydrogen-bond donors (Lipinski definition) is 1. The lowest BCUT2D eigenvalue weighted by Crippen LogP contribution is -2.36. The zero-order valence-electron chi connectivity index (χ0n) is 12.7. The first kappa shape index (κ1) is 15.7. The average Bonchev–Trinajstić information content (AvgIpc) is 2.50. The fraction of sp³-hybridized carbons (Fsp3) is 0.235. The molecular formula is C17H19N3O2. The third-order valence-corrected chi connectivity index (χ3v) is 3.30. The van der Waals surface area contributed by atoms with Gasteiger partial charge in [-0.05, 0) is 30.2 Å². The predicted molar refractivity (Wildman–Crippen MR) is 85.1 cm³/mol. The van der Waals surface area contributed by atoms with E-state index in [0.29, 0.717) is 6.54 Å². The molecule has 1 heterocycles. The molecule has 0 aliphatic heterocycles. The van der Waals surface area contributed by atoms with Gasteiger partial charge in [-0.2, -0.15) is 0 Å². The van der Waals surface area contributed by atoms with E-state index in [0.717, 1.165) is 16.8 Å². The molecule has 1 aromatic carbocycles. The molecule has 2 amide bonds. The van der Waals surface area contributed by atoms with Gasteiger partial charge in [0.2, 0.25) is 11.8 Å². The minimum Gasteiger partial charge on any atom is -0.329 e. The summed E-state index contributed by atoms with van der Waals surface area (Å²) in [4.78, 5) is 29.4. The van der Waals surface area contributed by atoms with Gasteiger partial charge in [0.1, 0.15) is 6.54 Å². The molecule has 0 spiro atoms. The van der Waals surface area contributed by atoms with Gasteiger partial charge in [0, 0.05) is 31.5 Å². The molecule has 0 fully saturated rings. The number of rotatable bonds is 5. The number of carbonyl (C=O) groups is 2. The molecule has 2 rings (SSSR count). The summed E-state index contributed by atoms with van der Waals surface area (Å²) < 4.78 is 0. The lowest BCUT2D eigenvalue weighted by Gasteiger charge is -2.20. The first-order chi connectivity index (χ1) is 10.6. The number of aryl methyl sites for hydroxylation is 1. The molecule has 0 unspecified atom stereocenters. The summed E-state index contributed by atoms with van der Waals surface area (Å²) in [5.74, 6) is -0.364. The van der Waals surface area contributed by atoms with E-state index in [1.54, 1.807) is 18.5 Å². The number of aromatic nitrogens is 1. The number of hydrogen-bond acceptors (Lipinski definition) is 3. The molecule has 0 bridgehead atoms. The van der Waals surface area contributed by atoms with Gasteiger partial charge in [-0.15, -0.1) is 0 Å². The summed E-state index contributed by atoms with van der Waals surface area (Å²) in [5, 5.41) is 2.83. The van der Waals surface area contributed by atoms with E-state index in [1.165, 1.54) is 11.8 Å². The molecule has 22 heavy (non-hydrogen) atoms. The van der Waals surface area contributed by atoms with Crippen LogP contribution in [0.3, 0.4) is 0 Å². The van der Waals surface area contributed by atoms with Crippen molar-refractivity contribution >= 4 is 17.5 Å². The van der Waals surface area contributed by atoms with Crippen LogP contribution in [0.4, 0.5) is 5.69 Å². The van der Waals surface area contributed by atoms with Crippen LogP contribution in [0.25, 0.3) is 0 Å². The molecule has 0 saturated carbocycles. The Hall–Kier alpha value is -2.69. The maximum Gasteiger partial charge on any atom is 0.244 e. The van der Waals surface area contributed by atoms with Gasteiger partial charge in [0.05, 0.1) is 0 Å². The highest BCUT2D eigenvalue weighted by atomic mass is 16.2. The van der Waals surface area contributed by atoms with Crippen molar-refractivity contribution in [1.82, 2.24) is 9.88 Å². The van der Waals surface area contributed by atoms with Gasteiger partial charge in [-0.1, -0.05) is 24.3 Å². The third-order valence-electron chi connectivity index (χ3n) is 3.30. The Morgan fingerprint density at radius 2 is 1.95 bits per heavy atom. The van der Waals surface area contributed by atoms with Gasteiger partial charge in [0.15, 0.2) is 0 Å². The molecule has 0 aliphatic carbocycles. The molecule has 0 saturated heterocycles. The first-order valence-corrected chi connectivity index (χ1v) is 7.06. The van der Waals surface area contributed by atoms with Crippen LogP contribution >= 0.6 is 0 Å². The molecule has 0 atom stereocenters. The van der Waals surface area contributed by atoms with Crippen molar-refractivity contribution < 1.29 is 9.59 Å². The van der Waals surface area contributed by atoms with E-state index < -0.39 is 0 Å². The van der Waals surface area contributed by atoms with Crippen molar-refractivity contribution in [2.24, 2.45) is 0 Å². The van der Waals surface area contributed by atoms with Crippen LogP contribution < -0.4 is 5.32 Å². The van der Waals surface area contributed by atoms with E-state index in [9.17, 15) is 9.59 Å². The summed E-state index contributed by atoms with van der Waals surface area (Å²) in [6.07, 6.45) is 3.36. The standard InChI is InChI=1S/C17H19N3O2/c1-13-6-3-4-8-16(13)19-17(22)12-20(14(2)21)11-15-7-5-9-18-10-15/h3-10H,11-12H2,1-2H3,(H,19,22). The second kappa shape index (κ2) is 7.36. The largest absolute Gasteiger partial charge is 0.329 e. The van der Waals surface area contributed by atoms with Crippen molar-refractivity contribution in [2.45, 2.75) is 20.4 Å². The van der Waals surface area contributed by atoms with Crippen LogP contribution in [0, 0.1) is 6.92 Å². The van der Waals surface area contributed by atoms with Crippen LogP contribution in [0.1, 0.15) is 18.1 Å². The molecular weight excluding hydrogens is 278 g/mol. The molecule has 2 aromatic rings. The highest BCUT2D eigenvalue weighted by Crippen LogP contribution is 2.13. The number of nitrogens with zero attached hydrogens (tertiary/aromatic N) is 2. The second-order valence-corrected chi connectivity index (χ2v) is 5.10. The highest BCUT2D eigenvalue weighted by molar-refractivity contribution is 5.94. The Kier molecular flexibility index (Phi) is 5.25.